The SMILES string of the molecule is Cc1nc2c(cnn2C(C)C)cc1C(=O)N(CC(=O)O)C(C)C. The molecule has 0 bridgehead atoms. The van der Waals surface area contributed by atoms with Gasteiger partial charge in [0.05, 0.1) is 17.5 Å². The first kappa shape index (κ1) is 16.9. The van der Waals surface area contributed by atoms with E-state index in [1.807, 2.05) is 13.8 Å². The van der Waals surface area contributed by atoms with Crippen molar-refractivity contribution in [2.24, 2.45) is 0 Å². The molecule has 0 unspecified atom stereocenters. The van der Waals surface area contributed by atoms with Crippen molar-refractivity contribution in [3.05, 3.63) is 23.5 Å². The molecule has 0 aliphatic rings. The van der Waals surface area contributed by atoms with Crippen LogP contribution < -0.4 is 0 Å². The lowest BCUT2D eigenvalue weighted by atomic mass is 10.1. The Morgan fingerprint density at radius 1 is 1.30 bits per heavy atom. The van der Waals surface area contributed by atoms with Gasteiger partial charge in [0.15, 0.2) is 5.65 Å². The number of carbonyl (C=O) groups excluding carboxylic acids is 1. The van der Waals surface area contributed by atoms with E-state index in [-0.39, 0.29) is 24.5 Å². The van der Waals surface area contributed by atoms with E-state index in [0.717, 1.165) is 11.0 Å². The molecule has 1 N–H and O–H groups in total. The summed E-state index contributed by atoms with van der Waals surface area (Å²) in [5.74, 6) is -1.36. The Kier molecular flexibility index (Phi) is 4.68. The number of rotatable bonds is 5. The van der Waals surface area contributed by atoms with Crippen molar-refractivity contribution in [3.8, 4) is 0 Å². The number of hydrogen-bond acceptors (Lipinski definition) is 4. The van der Waals surface area contributed by atoms with Gasteiger partial charge in [-0.3, -0.25) is 9.59 Å². The van der Waals surface area contributed by atoms with Gasteiger partial charge >= 0.3 is 5.97 Å². The van der Waals surface area contributed by atoms with Gasteiger partial charge in [-0.25, -0.2) is 9.67 Å². The first-order valence-corrected chi connectivity index (χ1v) is 7.60. The number of fused-ring (bicyclic) bond motifs is 1. The van der Waals surface area contributed by atoms with Crippen molar-refractivity contribution in [2.75, 3.05) is 6.54 Å². The quantitative estimate of drug-likeness (QED) is 0.913. The topological polar surface area (TPSA) is 88.3 Å². The third-order valence-corrected chi connectivity index (χ3v) is 3.67. The summed E-state index contributed by atoms with van der Waals surface area (Å²) in [7, 11) is 0. The van der Waals surface area contributed by atoms with E-state index in [4.69, 9.17) is 5.11 Å². The van der Waals surface area contributed by atoms with Crippen molar-refractivity contribution in [3.63, 3.8) is 0 Å². The number of aliphatic carboxylic acids is 1. The van der Waals surface area contributed by atoms with E-state index in [0.29, 0.717) is 11.3 Å². The van der Waals surface area contributed by atoms with Crippen molar-refractivity contribution in [1.82, 2.24) is 19.7 Å². The fraction of sp³-hybridized carbons (Fsp3) is 0.500. The molecule has 0 saturated carbocycles. The highest BCUT2D eigenvalue weighted by molar-refractivity contribution is 5.99. The Labute approximate surface area is 134 Å². The van der Waals surface area contributed by atoms with E-state index in [9.17, 15) is 9.59 Å². The number of carbonyl (C=O) groups is 2. The molecule has 0 aliphatic heterocycles. The van der Waals surface area contributed by atoms with Gasteiger partial charge in [-0.15, -0.1) is 0 Å². The summed E-state index contributed by atoms with van der Waals surface area (Å²) in [5, 5.41) is 14.1. The molecule has 1 amide bonds. The highest BCUT2D eigenvalue weighted by Crippen LogP contribution is 2.21. The molecule has 0 aliphatic carbocycles. The zero-order valence-corrected chi connectivity index (χ0v) is 14.1. The normalized spacial score (nSPS) is 11.4. The van der Waals surface area contributed by atoms with E-state index in [1.165, 1.54) is 4.90 Å². The average Bonchev–Trinajstić information content (AvgIpc) is 2.85. The molecule has 7 heteroatoms. The van der Waals surface area contributed by atoms with Crippen LogP contribution in [0.3, 0.4) is 0 Å². The van der Waals surface area contributed by atoms with Gasteiger partial charge in [0.2, 0.25) is 0 Å². The molecule has 2 aromatic heterocycles. The summed E-state index contributed by atoms with van der Waals surface area (Å²) >= 11 is 0. The number of aryl methyl sites for hydroxylation is 1. The molecule has 124 valence electrons. The second-order valence-electron chi connectivity index (χ2n) is 6.14. The molecule has 0 atom stereocenters. The lowest BCUT2D eigenvalue weighted by Gasteiger charge is -2.25. The van der Waals surface area contributed by atoms with E-state index >= 15 is 0 Å². The minimum atomic E-state index is -1.04. The van der Waals surface area contributed by atoms with Crippen LogP contribution in [0.5, 0.6) is 0 Å². The van der Waals surface area contributed by atoms with E-state index < -0.39 is 5.97 Å². The van der Waals surface area contributed by atoms with Gasteiger partial charge in [0, 0.05) is 17.5 Å². The maximum atomic E-state index is 12.7. The maximum absolute atomic E-state index is 12.7. The summed E-state index contributed by atoms with van der Waals surface area (Å²) in [5.41, 5.74) is 1.71. The summed E-state index contributed by atoms with van der Waals surface area (Å²) in [6, 6.07) is 1.69. The number of pyridine rings is 1. The van der Waals surface area contributed by atoms with Gasteiger partial charge in [-0.2, -0.15) is 5.10 Å². The van der Waals surface area contributed by atoms with Crippen LogP contribution in [-0.4, -0.2) is 49.2 Å². The van der Waals surface area contributed by atoms with Gasteiger partial charge < -0.3 is 10.0 Å². The van der Waals surface area contributed by atoms with Crippen LogP contribution in [0, 0.1) is 6.92 Å². The minimum absolute atomic E-state index is 0.167. The smallest absolute Gasteiger partial charge is 0.323 e. The molecule has 23 heavy (non-hydrogen) atoms. The Morgan fingerprint density at radius 3 is 2.48 bits per heavy atom. The molecular formula is C16H22N4O3. The van der Waals surface area contributed by atoms with Crippen LogP contribution in [0.15, 0.2) is 12.3 Å². The maximum Gasteiger partial charge on any atom is 0.323 e. The Balaban J connectivity index is 2.48. The van der Waals surface area contributed by atoms with Crippen molar-refractivity contribution in [2.45, 2.75) is 46.7 Å². The molecule has 0 radical (unpaired) electrons. The highest BCUT2D eigenvalue weighted by Gasteiger charge is 2.24. The number of hydrogen-bond donors (Lipinski definition) is 1. The fourth-order valence-electron chi connectivity index (χ4n) is 2.45. The van der Waals surface area contributed by atoms with Gasteiger partial charge in [-0.1, -0.05) is 0 Å². The first-order valence-electron chi connectivity index (χ1n) is 7.60. The standard InChI is InChI=1S/C16H22N4O3/c1-9(2)19(8-14(21)22)16(23)13-6-12-7-17-20(10(3)4)15(12)18-11(13)5/h6-7,9-10H,8H2,1-5H3,(H,21,22). The fourth-order valence-corrected chi connectivity index (χ4v) is 2.45. The molecule has 2 rings (SSSR count). The van der Waals surface area contributed by atoms with Crippen molar-refractivity contribution >= 4 is 22.9 Å². The molecule has 0 spiro atoms. The lowest BCUT2D eigenvalue weighted by Crippen LogP contribution is -2.41. The van der Waals surface area contributed by atoms with Crippen molar-refractivity contribution < 1.29 is 14.7 Å². The second kappa shape index (κ2) is 6.36. The third kappa shape index (κ3) is 3.33. The average molecular weight is 318 g/mol. The van der Waals surface area contributed by atoms with Crippen LogP contribution in [0.4, 0.5) is 0 Å². The summed E-state index contributed by atoms with van der Waals surface area (Å²) in [6.07, 6.45) is 1.68. The molecular weight excluding hydrogens is 296 g/mol. The number of aromatic nitrogens is 3. The van der Waals surface area contributed by atoms with Gasteiger partial charge in [0.1, 0.15) is 6.54 Å². The number of carboxylic acid groups (broad SMARTS) is 1. The highest BCUT2D eigenvalue weighted by atomic mass is 16.4. The van der Waals surface area contributed by atoms with Gasteiger partial charge in [-0.05, 0) is 40.7 Å². The summed E-state index contributed by atoms with van der Waals surface area (Å²) < 4.78 is 1.80. The van der Waals surface area contributed by atoms with Crippen LogP contribution in [-0.2, 0) is 4.79 Å². The van der Waals surface area contributed by atoms with E-state index in [2.05, 4.69) is 10.1 Å². The van der Waals surface area contributed by atoms with Crippen molar-refractivity contribution in [1.29, 1.82) is 0 Å². The molecule has 2 heterocycles. The largest absolute Gasteiger partial charge is 0.480 e. The monoisotopic (exact) mass is 318 g/mol. The van der Waals surface area contributed by atoms with Crippen LogP contribution in [0.1, 0.15) is 49.8 Å². The second-order valence-corrected chi connectivity index (χ2v) is 6.14. The molecule has 0 aromatic carbocycles. The third-order valence-electron chi connectivity index (χ3n) is 3.67. The number of amides is 1. The zero-order valence-electron chi connectivity index (χ0n) is 14.1. The zero-order chi connectivity index (χ0) is 17.3. The lowest BCUT2D eigenvalue weighted by molar-refractivity contribution is -0.138. The van der Waals surface area contributed by atoms with E-state index in [1.54, 1.807) is 37.7 Å². The molecule has 2 aromatic rings. The van der Waals surface area contributed by atoms with Crippen LogP contribution >= 0.6 is 0 Å². The Hall–Kier alpha value is -2.44. The molecule has 7 nitrogen and oxygen atoms in total. The van der Waals surface area contributed by atoms with Crippen LogP contribution in [0.2, 0.25) is 0 Å². The summed E-state index contributed by atoms with van der Waals surface area (Å²) in [4.78, 5) is 29.6. The first-order chi connectivity index (χ1) is 10.7. The predicted molar refractivity (Wildman–Crippen MR) is 86.5 cm³/mol. The molecule has 0 fully saturated rings. The predicted octanol–water partition coefficient (Wildman–Crippen LogP) is 2.26. The Morgan fingerprint density at radius 2 is 1.96 bits per heavy atom. The Bertz CT molecular complexity index is 749. The van der Waals surface area contributed by atoms with Gasteiger partial charge in [0.25, 0.3) is 5.91 Å². The van der Waals surface area contributed by atoms with Crippen LogP contribution in [0.25, 0.3) is 11.0 Å². The summed E-state index contributed by atoms with van der Waals surface area (Å²) in [6.45, 7) is 9.02. The number of nitrogens with zero attached hydrogens (tertiary/aromatic N) is 4. The molecule has 0 saturated heterocycles. The minimum Gasteiger partial charge on any atom is -0.480 e. The number of carboxylic acids is 1.